The predicted molar refractivity (Wildman–Crippen MR) is 76.1 cm³/mol. The summed E-state index contributed by atoms with van der Waals surface area (Å²) in [5, 5.41) is 8.85. The van der Waals surface area contributed by atoms with Crippen molar-refractivity contribution in [2.45, 2.75) is 0 Å². The van der Waals surface area contributed by atoms with E-state index in [0.717, 1.165) is 16.6 Å². The molecule has 3 rings (SSSR count). The third-order valence-corrected chi connectivity index (χ3v) is 3.30. The number of aromatic nitrogens is 3. The summed E-state index contributed by atoms with van der Waals surface area (Å²) >= 11 is 11.3. The van der Waals surface area contributed by atoms with Crippen molar-refractivity contribution < 1.29 is 0 Å². The van der Waals surface area contributed by atoms with Gasteiger partial charge in [0.1, 0.15) is 10.5 Å². The Hall–Kier alpha value is -1.78. The van der Waals surface area contributed by atoms with Crippen LogP contribution >= 0.6 is 23.8 Å². The minimum atomic E-state index is 0.611. The van der Waals surface area contributed by atoms with E-state index in [1.807, 2.05) is 48.5 Å². The van der Waals surface area contributed by atoms with Crippen molar-refractivity contribution in [1.29, 1.82) is 0 Å². The van der Waals surface area contributed by atoms with Gasteiger partial charge in [0.2, 0.25) is 0 Å². The molecule has 0 amide bonds. The van der Waals surface area contributed by atoms with Gasteiger partial charge in [0.25, 0.3) is 0 Å². The van der Waals surface area contributed by atoms with Crippen LogP contribution in [-0.4, -0.2) is 20.0 Å². The van der Waals surface area contributed by atoms with Crippen LogP contribution in [-0.2, 0) is 0 Å². The monoisotopic (exact) mass is 273 g/mol. The number of thiocarbonyl (C=S) groups is 1. The largest absolute Gasteiger partial charge is 0.201 e. The summed E-state index contributed by atoms with van der Waals surface area (Å²) in [5.41, 5.74) is 2.62. The summed E-state index contributed by atoms with van der Waals surface area (Å²) < 4.78 is 1.66. The van der Waals surface area contributed by atoms with E-state index in [0.29, 0.717) is 10.0 Å². The minimum absolute atomic E-state index is 0.611. The molecule has 1 aromatic heterocycles. The van der Waals surface area contributed by atoms with Gasteiger partial charge in [0, 0.05) is 10.6 Å². The van der Waals surface area contributed by atoms with E-state index in [1.54, 1.807) is 4.68 Å². The normalized spacial score (nSPS) is 10.7. The van der Waals surface area contributed by atoms with Gasteiger partial charge in [-0.1, -0.05) is 53.3 Å². The van der Waals surface area contributed by atoms with Crippen LogP contribution in [0, 0.1) is 0 Å². The Balaban J connectivity index is 2.09. The molecule has 18 heavy (non-hydrogen) atoms. The molecule has 0 saturated carbocycles. The summed E-state index contributed by atoms with van der Waals surface area (Å²) in [6, 6.07) is 15.1. The number of rotatable bonds is 1. The van der Waals surface area contributed by atoms with Gasteiger partial charge in [-0.15, -0.1) is 5.10 Å². The maximum atomic E-state index is 5.86. The molecule has 3 nitrogen and oxygen atoms in total. The molecule has 0 bridgehead atoms. The van der Waals surface area contributed by atoms with Crippen LogP contribution in [0.3, 0.4) is 0 Å². The molecule has 88 valence electrons. The van der Waals surface area contributed by atoms with Gasteiger partial charge in [0.15, 0.2) is 0 Å². The van der Waals surface area contributed by atoms with Gasteiger partial charge in [-0.25, -0.2) is 4.68 Å². The van der Waals surface area contributed by atoms with Crippen molar-refractivity contribution in [3.63, 3.8) is 0 Å². The van der Waals surface area contributed by atoms with Gasteiger partial charge >= 0.3 is 0 Å². The highest BCUT2D eigenvalue weighted by atomic mass is 35.5. The maximum Gasteiger partial charge on any atom is 0.137 e. The zero-order valence-electron chi connectivity index (χ0n) is 9.25. The zero-order chi connectivity index (χ0) is 12.5. The highest BCUT2D eigenvalue weighted by molar-refractivity contribution is 7.80. The van der Waals surface area contributed by atoms with E-state index in [4.69, 9.17) is 23.8 Å². The number of para-hydroxylation sites is 1. The van der Waals surface area contributed by atoms with Crippen LogP contribution in [0.2, 0.25) is 5.02 Å². The van der Waals surface area contributed by atoms with Crippen LogP contribution in [0.1, 0.15) is 5.56 Å². The van der Waals surface area contributed by atoms with Crippen molar-refractivity contribution >= 4 is 39.8 Å². The maximum absolute atomic E-state index is 5.86. The smallest absolute Gasteiger partial charge is 0.137 e. The molecule has 2 aromatic carbocycles. The predicted octanol–water partition coefficient (Wildman–Crippen LogP) is 3.31. The molecular formula is C13H8ClN3S. The lowest BCUT2D eigenvalue weighted by atomic mass is 10.2. The molecule has 3 aromatic rings. The van der Waals surface area contributed by atoms with Crippen molar-refractivity contribution in [2.75, 3.05) is 0 Å². The molecule has 1 heterocycles. The zero-order valence-corrected chi connectivity index (χ0v) is 10.8. The van der Waals surface area contributed by atoms with Gasteiger partial charge in [-0.05, 0) is 24.3 Å². The van der Waals surface area contributed by atoms with Crippen molar-refractivity contribution in [1.82, 2.24) is 15.0 Å². The number of halogens is 1. The third-order valence-electron chi connectivity index (χ3n) is 2.64. The first kappa shape index (κ1) is 11.3. The van der Waals surface area contributed by atoms with Gasteiger partial charge in [0.05, 0.1) is 5.52 Å². The summed E-state index contributed by atoms with van der Waals surface area (Å²) in [6.07, 6.45) is 0. The van der Waals surface area contributed by atoms with Crippen molar-refractivity contribution in [2.24, 2.45) is 0 Å². The summed E-state index contributed by atoms with van der Waals surface area (Å²) in [4.78, 5) is 0.611. The molecule has 0 atom stereocenters. The standard InChI is InChI=1S/C13H8ClN3S/c14-10-7-5-9(6-8-10)13(18)17-12-4-2-1-3-11(12)15-16-17/h1-8H. The minimum Gasteiger partial charge on any atom is -0.201 e. The Morgan fingerprint density at radius 1 is 1.06 bits per heavy atom. The Bertz CT molecular complexity index is 718. The third kappa shape index (κ3) is 1.89. The molecule has 0 aliphatic carbocycles. The van der Waals surface area contributed by atoms with Gasteiger partial charge in [-0.2, -0.15) is 0 Å². The van der Waals surface area contributed by atoms with Gasteiger partial charge in [-0.3, -0.25) is 0 Å². The van der Waals surface area contributed by atoms with Crippen LogP contribution in [0.25, 0.3) is 11.0 Å². The highest BCUT2D eigenvalue weighted by Crippen LogP contribution is 2.15. The second-order valence-corrected chi connectivity index (χ2v) is 4.63. The first-order valence-electron chi connectivity index (χ1n) is 5.36. The Morgan fingerprint density at radius 2 is 1.78 bits per heavy atom. The van der Waals surface area contributed by atoms with E-state index in [1.165, 1.54) is 0 Å². The van der Waals surface area contributed by atoms with E-state index < -0.39 is 0 Å². The molecule has 0 unspecified atom stereocenters. The molecule has 0 saturated heterocycles. The summed E-state index contributed by atoms with van der Waals surface area (Å²) in [6.45, 7) is 0. The van der Waals surface area contributed by atoms with Crippen molar-refractivity contribution in [3.05, 3.63) is 59.1 Å². The fourth-order valence-electron chi connectivity index (χ4n) is 1.73. The average molecular weight is 274 g/mol. The van der Waals surface area contributed by atoms with E-state index in [9.17, 15) is 0 Å². The number of benzene rings is 2. The quantitative estimate of drug-likeness (QED) is 0.638. The lowest BCUT2D eigenvalue weighted by molar-refractivity contribution is 0.872. The number of hydrogen-bond acceptors (Lipinski definition) is 3. The fraction of sp³-hybridized carbons (Fsp3) is 0. The molecule has 5 heteroatoms. The lowest BCUT2D eigenvalue weighted by Crippen LogP contribution is -2.12. The Labute approximate surface area is 114 Å². The molecule has 0 N–H and O–H groups in total. The van der Waals surface area contributed by atoms with E-state index >= 15 is 0 Å². The van der Waals surface area contributed by atoms with Gasteiger partial charge < -0.3 is 0 Å². The van der Waals surface area contributed by atoms with Crippen molar-refractivity contribution in [3.8, 4) is 0 Å². The Morgan fingerprint density at radius 3 is 2.56 bits per heavy atom. The molecule has 0 spiro atoms. The van der Waals surface area contributed by atoms with E-state index in [2.05, 4.69) is 10.3 Å². The first-order valence-corrected chi connectivity index (χ1v) is 6.15. The van der Waals surface area contributed by atoms with Crippen LogP contribution in [0.15, 0.2) is 48.5 Å². The molecule has 0 aliphatic heterocycles. The molecule has 0 fully saturated rings. The number of hydrogen-bond donors (Lipinski definition) is 0. The topological polar surface area (TPSA) is 30.7 Å². The fourth-order valence-corrected chi connectivity index (χ4v) is 2.13. The van der Waals surface area contributed by atoms with Crippen LogP contribution < -0.4 is 0 Å². The summed E-state index contributed by atoms with van der Waals surface area (Å²) in [5.74, 6) is 0. The molecule has 0 radical (unpaired) electrons. The second kappa shape index (κ2) is 4.48. The molecular weight excluding hydrogens is 266 g/mol. The number of fused-ring (bicyclic) bond motifs is 1. The average Bonchev–Trinajstić information content (AvgIpc) is 2.82. The SMILES string of the molecule is S=C(c1ccc(Cl)cc1)n1nnc2ccccc21. The van der Waals surface area contributed by atoms with Crippen LogP contribution in [0.5, 0.6) is 0 Å². The second-order valence-electron chi connectivity index (χ2n) is 3.80. The van der Waals surface area contributed by atoms with Crippen LogP contribution in [0.4, 0.5) is 0 Å². The molecule has 0 aliphatic rings. The Kier molecular flexibility index (Phi) is 2.81. The summed E-state index contributed by atoms with van der Waals surface area (Å²) in [7, 11) is 0. The lowest BCUT2D eigenvalue weighted by Gasteiger charge is -2.04. The number of nitrogens with zero attached hydrogens (tertiary/aromatic N) is 3. The van der Waals surface area contributed by atoms with E-state index in [-0.39, 0.29) is 0 Å². The first-order chi connectivity index (χ1) is 8.75. The highest BCUT2D eigenvalue weighted by Gasteiger charge is 2.09.